The molecule has 1 saturated heterocycles. The first kappa shape index (κ1) is 19.1. The number of carbonyl (C=O) groups excluding carboxylic acids is 1. The van der Waals surface area contributed by atoms with Crippen LogP contribution in [0.1, 0.15) is 22.9 Å². The number of benzene rings is 3. The van der Waals surface area contributed by atoms with Gasteiger partial charge in [-0.3, -0.25) is 4.90 Å². The number of ether oxygens (including phenoxy) is 1. The third-order valence-corrected chi connectivity index (χ3v) is 5.73. The van der Waals surface area contributed by atoms with E-state index in [4.69, 9.17) is 9.26 Å². The van der Waals surface area contributed by atoms with E-state index in [9.17, 15) is 4.79 Å². The van der Waals surface area contributed by atoms with Crippen molar-refractivity contribution in [2.24, 2.45) is 0 Å². The van der Waals surface area contributed by atoms with Crippen molar-refractivity contribution in [3.05, 3.63) is 102 Å². The maximum absolute atomic E-state index is 12.5. The zero-order valence-corrected chi connectivity index (χ0v) is 17.2. The molecule has 5 heteroatoms. The van der Waals surface area contributed by atoms with Crippen molar-refractivity contribution < 1.29 is 14.1 Å². The molecule has 5 nitrogen and oxygen atoms in total. The minimum atomic E-state index is -0.320. The Balaban J connectivity index is 1.44. The number of rotatable bonds is 5. The highest BCUT2D eigenvalue weighted by Gasteiger charge is 2.35. The number of carbonyl (C=O) groups is 1. The minimum absolute atomic E-state index is 0.128. The highest BCUT2D eigenvalue weighted by molar-refractivity contribution is 5.72. The van der Waals surface area contributed by atoms with Crippen LogP contribution in [0.3, 0.4) is 0 Å². The second kappa shape index (κ2) is 8.11. The van der Waals surface area contributed by atoms with Crippen LogP contribution >= 0.6 is 0 Å². The average molecular weight is 410 g/mol. The Hall–Kier alpha value is -3.86. The fraction of sp³-hybridized carbons (Fsp3) is 0.154. The first-order chi connectivity index (χ1) is 15.2. The van der Waals surface area contributed by atoms with E-state index in [1.54, 1.807) is 4.90 Å². The Kier molecular flexibility index (Phi) is 5.00. The van der Waals surface area contributed by atoms with Crippen LogP contribution < -0.4 is 0 Å². The number of cyclic esters (lactones) is 1. The van der Waals surface area contributed by atoms with E-state index in [1.165, 1.54) is 0 Å². The second-order valence-corrected chi connectivity index (χ2v) is 7.65. The fourth-order valence-corrected chi connectivity index (χ4v) is 3.99. The molecule has 0 radical (unpaired) electrons. The van der Waals surface area contributed by atoms with Gasteiger partial charge >= 0.3 is 6.09 Å². The molecule has 0 N–H and O–H groups in total. The van der Waals surface area contributed by atoms with Gasteiger partial charge in [-0.2, -0.15) is 0 Å². The first-order valence-electron chi connectivity index (χ1n) is 10.3. The lowest BCUT2D eigenvalue weighted by Crippen LogP contribution is -2.27. The van der Waals surface area contributed by atoms with E-state index < -0.39 is 0 Å². The van der Waals surface area contributed by atoms with Crippen molar-refractivity contribution in [3.63, 3.8) is 0 Å². The molecule has 2 heterocycles. The van der Waals surface area contributed by atoms with E-state index in [0.29, 0.717) is 18.9 Å². The summed E-state index contributed by atoms with van der Waals surface area (Å²) in [5, 5.41) is 4.18. The van der Waals surface area contributed by atoms with Crippen LogP contribution in [0.25, 0.3) is 22.5 Å². The van der Waals surface area contributed by atoms with Gasteiger partial charge in [0.1, 0.15) is 6.61 Å². The zero-order chi connectivity index (χ0) is 21.2. The number of nitrogens with zero attached hydrogens (tertiary/aromatic N) is 2. The Labute approximate surface area is 180 Å². The van der Waals surface area contributed by atoms with Crippen LogP contribution in [0.5, 0.6) is 0 Å². The van der Waals surface area contributed by atoms with Crippen LogP contribution in [0, 0.1) is 6.92 Å². The summed E-state index contributed by atoms with van der Waals surface area (Å²) in [7, 11) is 0. The number of amides is 1. The van der Waals surface area contributed by atoms with E-state index in [-0.39, 0.29) is 12.1 Å². The maximum atomic E-state index is 12.5. The summed E-state index contributed by atoms with van der Waals surface area (Å²) in [5.41, 5.74) is 5.94. The summed E-state index contributed by atoms with van der Waals surface area (Å²) in [6, 6.07) is 28.3. The van der Waals surface area contributed by atoms with Gasteiger partial charge in [-0.1, -0.05) is 90.1 Å². The van der Waals surface area contributed by atoms with Crippen LogP contribution in [-0.4, -0.2) is 22.8 Å². The Bertz CT molecular complexity index is 1180. The molecule has 31 heavy (non-hydrogen) atoms. The largest absolute Gasteiger partial charge is 0.447 e. The van der Waals surface area contributed by atoms with Crippen molar-refractivity contribution in [1.29, 1.82) is 0 Å². The van der Waals surface area contributed by atoms with Gasteiger partial charge in [0, 0.05) is 11.1 Å². The van der Waals surface area contributed by atoms with Crippen LogP contribution in [0.15, 0.2) is 89.5 Å². The molecule has 5 rings (SSSR count). The van der Waals surface area contributed by atoms with E-state index in [1.807, 2.05) is 67.6 Å². The lowest BCUT2D eigenvalue weighted by atomic mass is 10.0. The van der Waals surface area contributed by atoms with Crippen LogP contribution in [0.4, 0.5) is 4.79 Å². The number of aromatic nitrogens is 1. The minimum Gasteiger partial charge on any atom is -0.447 e. The summed E-state index contributed by atoms with van der Waals surface area (Å²) in [6.07, 6.45) is -0.320. The van der Waals surface area contributed by atoms with Gasteiger partial charge < -0.3 is 9.26 Å². The summed E-state index contributed by atoms with van der Waals surface area (Å²) < 4.78 is 11.1. The molecule has 154 valence electrons. The van der Waals surface area contributed by atoms with Crippen molar-refractivity contribution in [2.75, 3.05) is 6.61 Å². The SMILES string of the molecule is Cc1noc(-c2ccc(-c3ccccc3)cc2)c1CN1C(=O)OC[C@@H]1c1ccccc1. The van der Waals surface area contributed by atoms with E-state index in [2.05, 4.69) is 29.4 Å². The molecule has 0 unspecified atom stereocenters. The van der Waals surface area contributed by atoms with Gasteiger partial charge in [-0.05, 0) is 23.6 Å². The molecule has 3 aromatic carbocycles. The Morgan fingerprint density at radius 2 is 1.48 bits per heavy atom. The van der Waals surface area contributed by atoms with E-state index >= 15 is 0 Å². The molecular formula is C26H22N2O3. The summed E-state index contributed by atoms with van der Waals surface area (Å²) >= 11 is 0. The quantitative estimate of drug-likeness (QED) is 0.404. The first-order valence-corrected chi connectivity index (χ1v) is 10.3. The van der Waals surface area contributed by atoms with Crippen LogP contribution in [-0.2, 0) is 11.3 Å². The summed E-state index contributed by atoms with van der Waals surface area (Å²) in [5.74, 6) is 0.684. The Morgan fingerprint density at radius 3 is 2.19 bits per heavy atom. The molecule has 1 aromatic heterocycles. The monoisotopic (exact) mass is 410 g/mol. The number of aryl methyl sites for hydroxylation is 1. The number of hydrogen-bond donors (Lipinski definition) is 0. The third-order valence-electron chi connectivity index (χ3n) is 5.73. The molecular weight excluding hydrogens is 388 g/mol. The Morgan fingerprint density at radius 1 is 0.871 bits per heavy atom. The summed E-state index contributed by atoms with van der Waals surface area (Å²) in [6.45, 7) is 2.62. The summed E-state index contributed by atoms with van der Waals surface area (Å²) in [4.78, 5) is 14.2. The highest BCUT2D eigenvalue weighted by Crippen LogP contribution is 2.34. The van der Waals surface area contributed by atoms with Crippen molar-refractivity contribution >= 4 is 6.09 Å². The van der Waals surface area contributed by atoms with Crippen LogP contribution in [0.2, 0.25) is 0 Å². The molecule has 1 fully saturated rings. The molecule has 1 amide bonds. The normalized spacial score (nSPS) is 15.8. The van der Waals surface area contributed by atoms with Crippen molar-refractivity contribution in [3.8, 4) is 22.5 Å². The fourth-order valence-electron chi connectivity index (χ4n) is 3.99. The third kappa shape index (κ3) is 3.70. The molecule has 0 spiro atoms. The predicted octanol–water partition coefficient (Wildman–Crippen LogP) is 6.01. The molecule has 1 atom stereocenters. The van der Waals surface area contributed by atoms with E-state index in [0.717, 1.165) is 33.5 Å². The molecule has 1 aliphatic rings. The van der Waals surface area contributed by atoms with Crippen molar-refractivity contribution in [2.45, 2.75) is 19.5 Å². The molecule has 0 bridgehead atoms. The van der Waals surface area contributed by atoms with Gasteiger partial charge in [0.15, 0.2) is 5.76 Å². The average Bonchev–Trinajstić information content (AvgIpc) is 3.38. The topological polar surface area (TPSA) is 55.6 Å². The van der Waals surface area contributed by atoms with Gasteiger partial charge in [-0.25, -0.2) is 4.79 Å². The van der Waals surface area contributed by atoms with Crippen molar-refractivity contribution in [1.82, 2.24) is 10.1 Å². The zero-order valence-electron chi connectivity index (χ0n) is 17.2. The predicted molar refractivity (Wildman–Crippen MR) is 118 cm³/mol. The molecule has 0 saturated carbocycles. The lowest BCUT2D eigenvalue weighted by molar-refractivity contribution is 0.156. The standard InChI is InChI=1S/C26H22N2O3/c1-18-23(16-28-24(17-30-26(28)29)21-10-6-3-7-11-21)25(31-27-18)22-14-12-20(13-15-22)19-8-4-2-5-9-19/h2-15,24H,16-17H2,1H3/t24-/m1/s1. The smallest absolute Gasteiger partial charge is 0.410 e. The van der Waals surface area contributed by atoms with Gasteiger partial charge in [0.25, 0.3) is 0 Å². The highest BCUT2D eigenvalue weighted by atomic mass is 16.6. The van der Waals surface area contributed by atoms with Gasteiger partial charge in [0.2, 0.25) is 0 Å². The van der Waals surface area contributed by atoms with Gasteiger partial charge in [0.05, 0.1) is 18.3 Å². The molecule has 1 aliphatic heterocycles. The maximum Gasteiger partial charge on any atom is 0.410 e. The molecule has 0 aliphatic carbocycles. The second-order valence-electron chi connectivity index (χ2n) is 7.65. The van der Waals surface area contributed by atoms with Gasteiger partial charge in [-0.15, -0.1) is 0 Å². The molecule has 4 aromatic rings. The number of hydrogen-bond acceptors (Lipinski definition) is 4. The lowest BCUT2D eigenvalue weighted by Gasteiger charge is -2.21.